The van der Waals surface area contributed by atoms with Gasteiger partial charge in [0.25, 0.3) is 0 Å². The topological polar surface area (TPSA) is 15.0 Å². The molecule has 1 fully saturated rings. The molecule has 1 aliphatic carbocycles. The Balaban J connectivity index is 1.20. The zero-order valence-electron chi connectivity index (χ0n) is 28.9. The van der Waals surface area contributed by atoms with E-state index in [4.69, 9.17) is 0 Å². The zero-order chi connectivity index (χ0) is 32.7. The van der Waals surface area contributed by atoms with E-state index in [1.165, 1.54) is 106 Å². The van der Waals surface area contributed by atoms with Gasteiger partial charge in [-0.2, -0.15) is 4.58 Å². The minimum atomic E-state index is -0.154. The molecule has 8 rings (SSSR count). The lowest BCUT2D eigenvalue weighted by atomic mass is 9.74. The third-order valence-corrected chi connectivity index (χ3v) is 11.7. The van der Waals surface area contributed by atoms with Crippen LogP contribution in [0.1, 0.15) is 82.4 Å². The van der Waals surface area contributed by atoms with E-state index in [9.17, 15) is 0 Å². The highest BCUT2D eigenvalue weighted by Crippen LogP contribution is 2.48. The largest absolute Gasteiger partial charge is 0.358 e. The highest BCUT2D eigenvalue weighted by atomic mass is 15.1. The van der Waals surface area contributed by atoms with Crippen LogP contribution in [0.25, 0.3) is 21.5 Å². The molecular formula is C46H49N2+. The molecule has 1 saturated carbocycles. The van der Waals surface area contributed by atoms with Gasteiger partial charge in [-0.1, -0.05) is 137 Å². The fourth-order valence-electron chi connectivity index (χ4n) is 9.14. The van der Waals surface area contributed by atoms with Crippen molar-refractivity contribution in [1.82, 2.24) is 0 Å². The maximum Gasteiger partial charge on any atom is 0.210 e. The first-order chi connectivity index (χ1) is 23.4. The molecule has 242 valence electrons. The van der Waals surface area contributed by atoms with E-state index in [-0.39, 0.29) is 10.8 Å². The molecule has 2 aliphatic heterocycles. The summed E-state index contributed by atoms with van der Waals surface area (Å²) < 4.78 is 2.68. The van der Waals surface area contributed by atoms with Crippen LogP contribution in [0.5, 0.6) is 0 Å². The van der Waals surface area contributed by atoms with Gasteiger partial charge in [0.15, 0.2) is 5.71 Å². The van der Waals surface area contributed by atoms with Crippen LogP contribution in [-0.2, 0) is 17.3 Å². The molecule has 5 aromatic carbocycles. The summed E-state index contributed by atoms with van der Waals surface area (Å²) in [5.74, 6) is 0.946. The van der Waals surface area contributed by atoms with Gasteiger partial charge in [0.1, 0.15) is 6.54 Å². The van der Waals surface area contributed by atoms with E-state index in [1.54, 1.807) is 0 Å². The molecular weight excluding hydrogens is 581 g/mol. The number of nitrogens with zero attached hydrogens (tertiary/aromatic N) is 1. The van der Waals surface area contributed by atoms with Gasteiger partial charge in [-0.05, 0) is 76.6 Å². The van der Waals surface area contributed by atoms with E-state index in [0.717, 1.165) is 18.9 Å². The van der Waals surface area contributed by atoms with Crippen molar-refractivity contribution in [3.8, 4) is 0 Å². The van der Waals surface area contributed by atoms with E-state index in [0.29, 0.717) is 0 Å². The SMILES string of the molecule is CC1(Cc2ccccc2)C(/C=C/C=C2/Nc3ccc4ccccc4c3C2(C)C)=[N+](CCCCC2CCCC2)c2cc3ccccc3cc21. The summed E-state index contributed by atoms with van der Waals surface area (Å²) in [6.07, 6.45) is 17.7. The Labute approximate surface area is 286 Å². The Morgan fingerprint density at radius 1 is 0.771 bits per heavy atom. The molecule has 1 N–H and O–H groups in total. The monoisotopic (exact) mass is 629 g/mol. The van der Waals surface area contributed by atoms with E-state index in [1.807, 2.05) is 0 Å². The Morgan fingerprint density at radius 2 is 1.48 bits per heavy atom. The lowest BCUT2D eigenvalue weighted by Crippen LogP contribution is -2.33. The number of nitrogens with one attached hydrogen (secondary N) is 1. The normalized spacial score (nSPS) is 21.1. The average molecular weight is 630 g/mol. The quantitative estimate of drug-likeness (QED) is 0.127. The van der Waals surface area contributed by atoms with Crippen molar-refractivity contribution in [1.29, 1.82) is 0 Å². The van der Waals surface area contributed by atoms with Crippen LogP contribution in [0.3, 0.4) is 0 Å². The number of hydrogen-bond donors (Lipinski definition) is 1. The van der Waals surface area contributed by atoms with Crippen LogP contribution in [-0.4, -0.2) is 16.8 Å². The fraction of sp³-hybridized carbons (Fsp3) is 0.326. The second kappa shape index (κ2) is 12.5. The average Bonchev–Trinajstić information content (AvgIpc) is 3.77. The van der Waals surface area contributed by atoms with Crippen LogP contribution in [0.2, 0.25) is 0 Å². The van der Waals surface area contributed by atoms with Crippen molar-refractivity contribution in [2.24, 2.45) is 5.92 Å². The van der Waals surface area contributed by atoms with Crippen molar-refractivity contribution in [3.63, 3.8) is 0 Å². The van der Waals surface area contributed by atoms with Gasteiger partial charge in [0.05, 0.1) is 5.41 Å². The summed E-state index contributed by atoms with van der Waals surface area (Å²) in [5.41, 5.74) is 9.23. The summed E-state index contributed by atoms with van der Waals surface area (Å²) in [7, 11) is 0. The Morgan fingerprint density at radius 3 is 2.27 bits per heavy atom. The minimum Gasteiger partial charge on any atom is -0.358 e. The predicted molar refractivity (Wildman–Crippen MR) is 205 cm³/mol. The standard InChI is InChI=1S/C46H48N2/c1-45(2)42(47-40-28-27-35-21-11-12-24-38(35)44(40)45)25-15-26-43-46(3,32-34-19-5-4-6-20-34)39-30-36-22-9-10-23-37(36)31-41(39)48(43)29-14-13-18-33-16-7-8-17-33/h4-6,9-12,15,19-28,30-31,33H,7-8,13-14,16-18,29,32H2,1-3H3/p+1. The number of anilines is 1. The first kappa shape index (κ1) is 30.9. The highest BCUT2D eigenvalue weighted by Gasteiger charge is 2.48. The molecule has 0 spiro atoms. The summed E-state index contributed by atoms with van der Waals surface area (Å²) in [6.45, 7) is 8.26. The zero-order valence-corrected chi connectivity index (χ0v) is 28.9. The summed E-state index contributed by atoms with van der Waals surface area (Å²) >= 11 is 0. The van der Waals surface area contributed by atoms with Crippen LogP contribution in [0.4, 0.5) is 11.4 Å². The highest BCUT2D eigenvalue weighted by molar-refractivity contribution is 6.05. The molecule has 1 unspecified atom stereocenters. The van der Waals surface area contributed by atoms with Gasteiger partial charge in [-0.15, -0.1) is 0 Å². The Hall–Kier alpha value is -4.43. The second-order valence-electron chi connectivity index (χ2n) is 15.3. The Bertz CT molecular complexity index is 2070. The molecule has 0 aromatic heterocycles. The molecule has 3 aliphatic rings. The maximum absolute atomic E-state index is 3.81. The van der Waals surface area contributed by atoms with Crippen molar-refractivity contribution in [2.75, 3.05) is 11.9 Å². The van der Waals surface area contributed by atoms with Gasteiger partial charge < -0.3 is 5.32 Å². The number of fused-ring (bicyclic) bond motifs is 5. The van der Waals surface area contributed by atoms with E-state index < -0.39 is 0 Å². The van der Waals surface area contributed by atoms with E-state index >= 15 is 0 Å². The third-order valence-electron chi connectivity index (χ3n) is 11.7. The Kier molecular flexibility index (Phi) is 8.07. The van der Waals surface area contributed by atoms with Gasteiger partial charge in [0.2, 0.25) is 5.69 Å². The molecule has 2 heterocycles. The van der Waals surface area contributed by atoms with Crippen LogP contribution in [0.15, 0.2) is 127 Å². The third kappa shape index (κ3) is 5.50. The molecule has 0 amide bonds. The number of rotatable bonds is 9. The molecule has 1 atom stereocenters. The first-order valence-corrected chi connectivity index (χ1v) is 18.3. The van der Waals surface area contributed by atoms with Crippen LogP contribution < -0.4 is 5.32 Å². The molecule has 5 aromatic rings. The summed E-state index contributed by atoms with van der Waals surface area (Å²) in [6, 6.07) is 38.2. The van der Waals surface area contributed by atoms with E-state index in [2.05, 4.69) is 152 Å². The number of allylic oxidation sites excluding steroid dienone is 4. The molecule has 0 saturated heterocycles. The second-order valence-corrected chi connectivity index (χ2v) is 15.3. The van der Waals surface area contributed by atoms with Gasteiger partial charge in [-0.3, -0.25) is 0 Å². The van der Waals surface area contributed by atoms with Crippen LogP contribution in [0, 0.1) is 5.92 Å². The van der Waals surface area contributed by atoms with Gasteiger partial charge in [0, 0.05) is 40.9 Å². The smallest absolute Gasteiger partial charge is 0.210 e. The lowest BCUT2D eigenvalue weighted by Gasteiger charge is -2.23. The fourth-order valence-corrected chi connectivity index (χ4v) is 9.14. The first-order valence-electron chi connectivity index (χ1n) is 18.3. The number of benzene rings is 5. The van der Waals surface area contributed by atoms with Crippen molar-refractivity contribution >= 4 is 38.6 Å². The molecule has 48 heavy (non-hydrogen) atoms. The van der Waals surface area contributed by atoms with Gasteiger partial charge >= 0.3 is 0 Å². The van der Waals surface area contributed by atoms with Gasteiger partial charge in [-0.25, -0.2) is 0 Å². The number of unbranched alkanes of at least 4 members (excludes halogenated alkanes) is 1. The minimum absolute atomic E-state index is 0.116. The maximum atomic E-state index is 3.81. The van der Waals surface area contributed by atoms with Crippen molar-refractivity contribution in [3.05, 3.63) is 144 Å². The van der Waals surface area contributed by atoms with Crippen molar-refractivity contribution in [2.45, 2.75) is 83.0 Å². The van der Waals surface area contributed by atoms with Crippen molar-refractivity contribution < 1.29 is 4.58 Å². The predicted octanol–water partition coefficient (Wildman–Crippen LogP) is 11.8. The summed E-state index contributed by atoms with van der Waals surface area (Å²) in [5, 5.41) is 9.10. The molecule has 0 bridgehead atoms. The molecule has 0 radical (unpaired) electrons. The summed E-state index contributed by atoms with van der Waals surface area (Å²) in [4.78, 5) is 0. The molecule has 2 heteroatoms. The lowest BCUT2D eigenvalue weighted by molar-refractivity contribution is -0.438. The number of hydrogen-bond acceptors (Lipinski definition) is 1. The van der Waals surface area contributed by atoms with Crippen LogP contribution >= 0.6 is 0 Å². The molecule has 2 nitrogen and oxygen atoms in total.